The van der Waals surface area contributed by atoms with Crippen LogP contribution in [0.15, 0.2) is 0 Å². The Bertz CT molecular complexity index is 1980. The van der Waals surface area contributed by atoms with Crippen LogP contribution in [-0.4, -0.2) is 96.7 Å². The summed E-state index contributed by atoms with van der Waals surface area (Å²) in [6.07, 6.45) is 66.4. The summed E-state index contributed by atoms with van der Waals surface area (Å²) in [7, 11) is -9.92. The molecule has 0 radical (unpaired) electrons. The van der Waals surface area contributed by atoms with E-state index in [0.717, 1.165) is 102 Å². The Balaban J connectivity index is 5.23. The van der Waals surface area contributed by atoms with Crippen LogP contribution >= 0.6 is 15.6 Å². The highest BCUT2D eigenvalue weighted by Crippen LogP contribution is 2.45. The van der Waals surface area contributed by atoms with Crippen molar-refractivity contribution in [3.63, 3.8) is 0 Å². The van der Waals surface area contributed by atoms with Crippen LogP contribution in [-0.2, 0) is 65.4 Å². The lowest BCUT2D eigenvalue weighted by molar-refractivity contribution is -0.161. The van der Waals surface area contributed by atoms with Gasteiger partial charge in [-0.1, -0.05) is 395 Å². The minimum absolute atomic E-state index is 0.108. The Morgan fingerprint density at radius 3 is 0.738 bits per heavy atom. The molecule has 0 saturated heterocycles. The highest BCUT2D eigenvalue weighted by molar-refractivity contribution is 7.47. The SMILES string of the molecule is CCCCCCCCCCCCCCCC(=O)O[C@H](COC(=O)CCCCCCCCCCCCCC)COP(=O)(O)OC[C@H](O)COP(=O)(O)OC[C@@H](COC(=O)CCCCCCCCCCCCCCCC(C)C)OC(=O)CCCCCCCCCCCCCCCCCCCCC(C)CC. The number of hydrogen-bond acceptors (Lipinski definition) is 15. The molecular formula is C84H164O17P2. The Labute approximate surface area is 632 Å². The maximum atomic E-state index is 13.1. The minimum Gasteiger partial charge on any atom is -0.462 e. The number of rotatable bonds is 83. The lowest BCUT2D eigenvalue weighted by Gasteiger charge is -2.21. The van der Waals surface area contributed by atoms with E-state index < -0.39 is 97.5 Å². The molecule has 0 aromatic carbocycles. The maximum Gasteiger partial charge on any atom is 0.472 e. The maximum absolute atomic E-state index is 13.1. The van der Waals surface area contributed by atoms with Gasteiger partial charge in [0.25, 0.3) is 0 Å². The van der Waals surface area contributed by atoms with E-state index >= 15 is 0 Å². The predicted octanol–water partition coefficient (Wildman–Crippen LogP) is 25.5. The normalized spacial score (nSPS) is 14.1. The predicted molar refractivity (Wildman–Crippen MR) is 423 cm³/mol. The Kier molecular flexibility index (Phi) is 74.1. The minimum atomic E-state index is -4.96. The standard InChI is InChI=1S/C84H164O17P2/c1-7-10-12-14-16-18-20-29-38-44-50-56-62-68-83(88)100-79(72-94-81(86)66-60-54-48-42-36-21-19-17-15-13-11-8-2)74-98-102(90,91)96-70-78(85)71-97-103(92,93)99-75-80(73-95-82(87)67-61-55-49-43-37-33-28-30-34-40-46-52-58-64-76(4)5)101-84(89)69-63-57-51-45-39-32-27-25-23-22-24-26-31-35-41-47-53-59-65-77(6)9-3/h76-80,85H,7-75H2,1-6H3,(H,90,91)(H,92,93)/t77?,78-,79+,80+/m0/s1. The average Bonchev–Trinajstić information content (AvgIpc) is 0.934. The lowest BCUT2D eigenvalue weighted by atomic mass is 9.99. The first kappa shape index (κ1) is 101. The fraction of sp³-hybridized carbons (Fsp3) is 0.952. The Hall–Kier alpha value is -1.94. The van der Waals surface area contributed by atoms with Crippen LogP contribution in [0.25, 0.3) is 0 Å². The molecule has 3 unspecified atom stereocenters. The van der Waals surface area contributed by atoms with E-state index in [4.69, 9.17) is 37.0 Å². The van der Waals surface area contributed by atoms with Crippen LogP contribution in [0.3, 0.4) is 0 Å². The van der Waals surface area contributed by atoms with Gasteiger partial charge in [-0.05, 0) is 37.5 Å². The van der Waals surface area contributed by atoms with Gasteiger partial charge in [0.1, 0.15) is 19.3 Å². The number of phosphoric acid groups is 2. The molecule has 0 amide bonds. The monoisotopic (exact) mass is 1510 g/mol. The Morgan fingerprint density at radius 1 is 0.282 bits per heavy atom. The third-order valence-corrected chi connectivity index (χ3v) is 22.0. The molecule has 0 aromatic heterocycles. The molecule has 612 valence electrons. The van der Waals surface area contributed by atoms with Crippen LogP contribution in [0, 0.1) is 11.8 Å². The molecule has 0 aliphatic heterocycles. The topological polar surface area (TPSA) is 237 Å². The molecule has 3 N–H and O–H groups in total. The summed E-state index contributed by atoms with van der Waals surface area (Å²) in [5.74, 6) is -0.440. The zero-order valence-corrected chi connectivity index (χ0v) is 69.4. The van der Waals surface area contributed by atoms with E-state index in [1.165, 1.54) is 263 Å². The van der Waals surface area contributed by atoms with E-state index in [0.29, 0.717) is 25.7 Å². The van der Waals surface area contributed by atoms with Gasteiger partial charge in [-0.2, -0.15) is 0 Å². The van der Waals surface area contributed by atoms with Crippen LogP contribution in [0.1, 0.15) is 446 Å². The van der Waals surface area contributed by atoms with Crippen molar-refractivity contribution in [2.24, 2.45) is 11.8 Å². The molecule has 0 saturated carbocycles. The van der Waals surface area contributed by atoms with E-state index in [2.05, 4.69) is 41.5 Å². The Morgan fingerprint density at radius 2 is 0.495 bits per heavy atom. The molecule has 0 aliphatic rings. The molecule has 0 aliphatic carbocycles. The first-order chi connectivity index (χ1) is 49.9. The summed E-state index contributed by atoms with van der Waals surface area (Å²) in [4.78, 5) is 73.1. The van der Waals surface area contributed by atoms with Gasteiger partial charge in [0.15, 0.2) is 12.2 Å². The summed E-state index contributed by atoms with van der Waals surface area (Å²) >= 11 is 0. The first-order valence-electron chi connectivity index (χ1n) is 43.5. The average molecular weight is 1510 g/mol. The van der Waals surface area contributed by atoms with Gasteiger partial charge >= 0.3 is 39.5 Å². The molecule has 0 aromatic rings. The van der Waals surface area contributed by atoms with E-state index in [9.17, 15) is 43.2 Å². The van der Waals surface area contributed by atoms with Crippen LogP contribution in [0.4, 0.5) is 0 Å². The van der Waals surface area contributed by atoms with Gasteiger partial charge in [-0.15, -0.1) is 0 Å². The molecule has 17 nitrogen and oxygen atoms in total. The number of aliphatic hydroxyl groups is 1. The highest BCUT2D eigenvalue weighted by atomic mass is 31.2. The second-order valence-electron chi connectivity index (χ2n) is 30.9. The summed E-state index contributed by atoms with van der Waals surface area (Å²) in [5.41, 5.74) is 0. The van der Waals surface area contributed by atoms with Crippen molar-refractivity contribution in [1.29, 1.82) is 0 Å². The van der Waals surface area contributed by atoms with Crippen molar-refractivity contribution in [2.45, 2.75) is 464 Å². The van der Waals surface area contributed by atoms with Crippen LogP contribution in [0.2, 0.25) is 0 Å². The number of aliphatic hydroxyl groups excluding tert-OH is 1. The molecule has 0 rings (SSSR count). The van der Waals surface area contributed by atoms with Gasteiger partial charge in [0.05, 0.1) is 26.4 Å². The second-order valence-corrected chi connectivity index (χ2v) is 33.8. The van der Waals surface area contributed by atoms with Crippen molar-refractivity contribution < 1.29 is 80.2 Å². The van der Waals surface area contributed by atoms with Gasteiger partial charge in [-0.3, -0.25) is 37.3 Å². The first-order valence-corrected chi connectivity index (χ1v) is 46.5. The van der Waals surface area contributed by atoms with Crippen molar-refractivity contribution >= 4 is 39.5 Å². The van der Waals surface area contributed by atoms with Crippen LogP contribution < -0.4 is 0 Å². The van der Waals surface area contributed by atoms with Gasteiger partial charge in [0.2, 0.25) is 0 Å². The van der Waals surface area contributed by atoms with Gasteiger partial charge in [-0.25, -0.2) is 9.13 Å². The summed E-state index contributed by atoms with van der Waals surface area (Å²) in [6.45, 7) is 9.74. The van der Waals surface area contributed by atoms with E-state index in [-0.39, 0.29) is 25.7 Å². The zero-order valence-electron chi connectivity index (χ0n) is 67.6. The van der Waals surface area contributed by atoms with Crippen molar-refractivity contribution in [3.05, 3.63) is 0 Å². The number of unbranched alkanes of at least 4 members (excludes halogenated alkanes) is 52. The highest BCUT2D eigenvalue weighted by Gasteiger charge is 2.30. The quantitative estimate of drug-likeness (QED) is 0.0222. The summed E-state index contributed by atoms with van der Waals surface area (Å²) < 4.78 is 68.8. The molecule has 0 heterocycles. The zero-order chi connectivity index (χ0) is 75.6. The smallest absolute Gasteiger partial charge is 0.462 e. The molecule has 0 bridgehead atoms. The molecule has 19 heteroatoms. The summed E-state index contributed by atoms with van der Waals surface area (Å²) in [5, 5.41) is 10.7. The van der Waals surface area contributed by atoms with Gasteiger partial charge < -0.3 is 33.8 Å². The van der Waals surface area contributed by atoms with Crippen molar-refractivity contribution in [2.75, 3.05) is 39.6 Å². The van der Waals surface area contributed by atoms with Crippen molar-refractivity contribution in [3.8, 4) is 0 Å². The number of esters is 4. The second kappa shape index (κ2) is 75.5. The number of phosphoric ester groups is 2. The molecule has 6 atom stereocenters. The van der Waals surface area contributed by atoms with E-state index in [1.54, 1.807) is 0 Å². The number of hydrogen-bond donors (Lipinski definition) is 3. The van der Waals surface area contributed by atoms with Crippen molar-refractivity contribution in [1.82, 2.24) is 0 Å². The lowest BCUT2D eigenvalue weighted by Crippen LogP contribution is -2.30. The number of ether oxygens (including phenoxy) is 4. The van der Waals surface area contributed by atoms with Crippen LogP contribution in [0.5, 0.6) is 0 Å². The number of carbonyl (C=O) groups is 4. The molecular weight excluding hydrogens is 1340 g/mol. The third-order valence-electron chi connectivity index (χ3n) is 20.1. The molecule has 0 spiro atoms. The molecule has 103 heavy (non-hydrogen) atoms. The molecule has 0 fully saturated rings. The fourth-order valence-corrected chi connectivity index (χ4v) is 14.6. The summed E-state index contributed by atoms with van der Waals surface area (Å²) in [6, 6.07) is 0. The van der Waals surface area contributed by atoms with E-state index in [1.807, 2.05) is 0 Å². The third kappa shape index (κ3) is 76.6. The largest absolute Gasteiger partial charge is 0.472 e. The fourth-order valence-electron chi connectivity index (χ4n) is 13.0. The number of carbonyl (C=O) groups excluding carboxylic acids is 4. The van der Waals surface area contributed by atoms with Gasteiger partial charge in [0, 0.05) is 25.7 Å².